The van der Waals surface area contributed by atoms with Crippen LogP contribution in [-0.2, 0) is 0 Å². The molecule has 0 saturated carbocycles. The summed E-state index contributed by atoms with van der Waals surface area (Å²) in [6.45, 7) is 0. The standard InChI is InChI=1S/C45H38B8N2/c46-37-32-31(27-21-25(23-12-4-1-5-13-23)20-26(22-27)24-14-6-2-7-15-24)33-35(40(49)44(53)42(51)38(33)47)36(34(32)39(48)43(52)41(37)50)45-54-29-18-10-11-19-30(29)55(45)28-16-8-3-9-17-28/h1-22H,46-53H2. The molecule has 1 aromatic heterocycles. The fraction of sp³-hybridized carbons (Fsp3) is 0. The lowest BCUT2D eigenvalue weighted by molar-refractivity contribution is 1.11. The van der Waals surface area contributed by atoms with E-state index in [4.69, 9.17) is 4.98 Å². The second-order valence-corrected chi connectivity index (χ2v) is 15.4. The highest BCUT2D eigenvalue weighted by Gasteiger charge is 2.28. The zero-order valence-corrected chi connectivity index (χ0v) is 33.1. The predicted octanol–water partition coefficient (Wildman–Crippen LogP) is -1.93. The number of nitrogens with zero attached hydrogens (tertiary/aromatic N) is 2. The summed E-state index contributed by atoms with van der Waals surface area (Å²) in [5, 5.41) is 5.19. The molecule has 8 aromatic carbocycles. The Morgan fingerprint density at radius 3 is 1.20 bits per heavy atom. The van der Waals surface area contributed by atoms with Gasteiger partial charge < -0.3 is 0 Å². The van der Waals surface area contributed by atoms with Crippen LogP contribution in [0.5, 0.6) is 0 Å². The van der Waals surface area contributed by atoms with Crippen molar-refractivity contribution in [2.45, 2.75) is 0 Å². The van der Waals surface area contributed by atoms with Gasteiger partial charge in [-0.25, -0.2) is 4.98 Å². The molecule has 0 radical (unpaired) electrons. The summed E-state index contributed by atoms with van der Waals surface area (Å²) in [7, 11) is 18.5. The number of rotatable bonds is 5. The second kappa shape index (κ2) is 13.5. The normalized spacial score (nSPS) is 11.5. The van der Waals surface area contributed by atoms with Crippen molar-refractivity contribution in [1.82, 2.24) is 9.55 Å². The Bertz CT molecular complexity index is 2860. The number of hydrogen-bond donors (Lipinski definition) is 0. The maximum atomic E-state index is 5.58. The molecule has 0 aliphatic carbocycles. The smallest absolute Gasteiger partial charge is 0.146 e. The van der Waals surface area contributed by atoms with Gasteiger partial charge in [0.1, 0.15) is 68.6 Å². The molecule has 0 aliphatic rings. The number of para-hydroxylation sites is 3. The molecule has 10 heteroatoms. The lowest BCUT2D eigenvalue weighted by atomic mass is 9.59. The molecule has 1 heterocycles. The molecule has 0 amide bonds. The summed E-state index contributed by atoms with van der Waals surface area (Å²) in [5.74, 6) is 0.980. The van der Waals surface area contributed by atoms with Crippen molar-refractivity contribution < 1.29 is 0 Å². The molecule has 9 aromatic rings. The topological polar surface area (TPSA) is 17.8 Å². The van der Waals surface area contributed by atoms with Crippen molar-refractivity contribution in [2.24, 2.45) is 0 Å². The molecule has 0 unspecified atom stereocenters. The molecule has 0 bridgehead atoms. The molecule has 0 N–H and O–H groups in total. The summed E-state index contributed by atoms with van der Waals surface area (Å²) < 4.78 is 2.39. The first-order chi connectivity index (χ1) is 26.7. The number of hydrogen-bond acceptors (Lipinski definition) is 1. The quantitative estimate of drug-likeness (QED) is 0.152. The first-order valence-electron chi connectivity index (χ1n) is 19.4. The lowest BCUT2D eigenvalue weighted by Gasteiger charge is -2.28. The van der Waals surface area contributed by atoms with Gasteiger partial charge >= 0.3 is 0 Å². The summed E-state index contributed by atoms with van der Waals surface area (Å²) >= 11 is 0. The van der Waals surface area contributed by atoms with Crippen molar-refractivity contribution in [2.75, 3.05) is 0 Å². The summed E-state index contributed by atoms with van der Waals surface area (Å²) in [4.78, 5) is 5.58. The largest absolute Gasteiger partial charge is 0.292 e. The molecule has 0 aliphatic heterocycles. The van der Waals surface area contributed by atoms with Crippen molar-refractivity contribution in [3.05, 3.63) is 133 Å². The van der Waals surface area contributed by atoms with Gasteiger partial charge in [-0.05, 0) is 97.4 Å². The summed E-state index contributed by atoms with van der Waals surface area (Å²) in [6, 6.07) is 48.2. The van der Waals surface area contributed by atoms with E-state index in [0.29, 0.717) is 0 Å². The fourth-order valence-corrected chi connectivity index (χ4v) is 9.04. The molecule has 0 saturated heterocycles. The molecule has 252 valence electrons. The van der Waals surface area contributed by atoms with Crippen LogP contribution in [0, 0.1) is 0 Å². The van der Waals surface area contributed by atoms with Crippen LogP contribution < -0.4 is 43.7 Å². The summed E-state index contributed by atoms with van der Waals surface area (Å²) in [6.07, 6.45) is 0. The third-order valence-corrected chi connectivity index (χ3v) is 12.6. The Kier molecular flexibility index (Phi) is 8.61. The van der Waals surface area contributed by atoms with Crippen LogP contribution in [0.25, 0.3) is 83.0 Å². The molecular formula is C45H38B8N2. The summed E-state index contributed by atoms with van der Waals surface area (Å²) in [5.41, 5.74) is 22.4. The van der Waals surface area contributed by atoms with Gasteiger partial charge in [-0.2, -0.15) is 0 Å². The van der Waals surface area contributed by atoms with Gasteiger partial charge in [0.25, 0.3) is 0 Å². The average molecular weight is 693 g/mol. The zero-order chi connectivity index (χ0) is 38.1. The Hall–Kier alpha value is -5.73. The van der Waals surface area contributed by atoms with E-state index < -0.39 is 0 Å². The Morgan fingerprint density at radius 1 is 0.345 bits per heavy atom. The van der Waals surface area contributed by atoms with E-state index in [1.165, 1.54) is 104 Å². The van der Waals surface area contributed by atoms with Crippen molar-refractivity contribution >= 4 is 139 Å². The Labute approximate surface area is 331 Å². The molecular weight excluding hydrogens is 655 g/mol. The van der Waals surface area contributed by atoms with E-state index in [1.54, 1.807) is 0 Å². The first kappa shape index (κ1) is 35.0. The highest BCUT2D eigenvalue weighted by molar-refractivity contribution is 6.71. The second-order valence-electron chi connectivity index (χ2n) is 15.4. The van der Waals surface area contributed by atoms with Crippen LogP contribution in [0.3, 0.4) is 0 Å². The van der Waals surface area contributed by atoms with Crippen LogP contribution in [0.15, 0.2) is 133 Å². The highest BCUT2D eigenvalue weighted by atomic mass is 15.1. The Morgan fingerprint density at radius 2 is 0.727 bits per heavy atom. The average Bonchev–Trinajstić information content (AvgIpc) is 3.62. The number of benzene rings is 8. The van der Waals surface area contributed by atoms with E-state index in [-0.39, 0.29) is 0 Å². The van der Waals surface area contributed by atoms with Crippen LogP contribution in [0.1, 0.15) is 0 Å². The third kappa shape index (κ3) is 5.48. The molecule has 0 atom stereocenters. The van der Waals surface area contributed by atoms with Gasteiger partial charge in [-0.15, -0.1) is 21.9 Å². The highest BCUT2D eigenvalue weighted by Crippen LogP contribution is 2.43. The molecule has 0 spiro atoms. The van der Waals surface area contributed by atoms with Crippen LogP contribution >= 0.6 is 0 Å². The molecule has 0 fully saturated rings. The van der Waals surface area contributed by atoms with Crippen molar-refractivity contribution in [1.29, 1.82) is 0 Å². The molecule has 2 nitrogen and oxygen atoms in total. The van der Waals surface area contributed by atoms with Crippen LogP contribution in [0.2, 0.25) is 0 Å². The maximum Gasteiger partial charge on any atom is 0.146 e. The van der Waals surface area contributed by atoms with Gasteiger partial charge in [0.15, 0.2) is 0 Å². The van der Waals surface area contributed by atoms with Gasteiger partial charge in [0, 0.05) is 11.3 Å². The van der Waals surface area contributed by atoms with Gasteiger partial charge in [-0.3, -0.25) is 4.57 Å². The SMILES string of the molecule is Bc1c(B)c(B)c2c(-c3nc4ccccc4n3-c3ccccc3)c3c(B)c(B)c(B)c(B)c3c(-c3cc(-c4ccccc4)cc(-c4ccccc4)c3)c2c1B. The van der Waals surface area contributed by atoms with Crippen molar-refractivity contribution in [3.8, 4) is 50.5 Å². The minimum atomic E-state index is 0.980. The molecule has 55 heavy (non-hydrogen) atoms. The van der Waals surface area contributed by atoms with Crippen LogP contribution in [0.4, 0.5) is 0 Å². The zero-order valence-electron chi connectivity index (χ0n) is 33.1. The number of aromatic nitrogens is 2. The van der Waals surface area contributed by atoms with Gasteiger partial charge in [0.05, 0.1) is 11.0 Å². The molecule has 9 rings (SSSR count). The number of imidazole rings is 1. The maximum absolute atomic E-state index is 5.58. The monoisotopic (exact) mass is 694 g/mol. The van der Waals surface area contributed by atoms with Gasteiger partial charge in [0.2, 0.25) is 0 Å². The van der Waals surface area contributed by atoms with Gasteiger partial charge in [-0.1, -0.05) is 113 Å². The first-order valence-corrected chi connectivity index (χ1v) is 19.4. The fourth-order valence-electron chi connectivity index (χ4n) is 9.04. The lowest BCUT2D eigenvalue weighted by Crippen LogP contribution is -2.50. The van der Waals surface area contributed by atoms with E-state index >= 15 is 0 Å². The van der Waals surface area contributed by atoms with Crippen LogP contribution in [-0.4, -0.2) is 72.3 Å². The van der Waals surface area contributed by atoms with E-state index in [0.717, 1.165) is 22.5 Å². The van der Waals surface area contributed by atoms with E-state index in [9.17, 15) is 0 Å². The Balaban J connectivity index is 1.56. The minimum Gasteiger partial charge on any atom is -0.292 e. The van der Waals surface area contributed by atoms with Crippen molar-refractivity contribution in [3.63, 3.8) is 0 Å². The number of fused-ring (bicyclic) bond motifs is 3. The predicted molar refractivity (Wildman–Crippen MR) is 263 cm³/mol. The minimum absolute atomic E-state index is 0.980. The van der Waals surface area contributed by atoms with E-state index in [1.807, 2.05) is 0 Å². The van der Waals surface area contributed by atoms with E-state index in [2.05, 4.69) is 201 Å². The third-order valence-electron chi connectivity index (χ3n) is 12.6.